The number of nitrogens with zero attached hydrogens (tertiary/aromatic N) is 4. The second-order valence-corrected chi connectivity index (χ2v) is 4.91. The Morgan fingerprint density at radius 2 is 2.00 bits per heavy atom. The van der Waals surface area contributed by atoms with E-state index >= 15 is 0 Å². The van der Waals surface area contributed by atoms with Gasteiger partial charge in [-0.25, -0.2) is 14.4 Å². The zero-order valence-corrected chi connectivity index (χ0v) is 11.9. The lowest BCUT2D eigenvalue weighted by atomic mass is 10.1. The molecule has 0 N–H and O–H groups in total. The number of hydrogen-bond acceptors (Lipinski definition) is 4. The smallest absolute Gasteiger partial charge is 0.149 e. The first-order chi connectivity index (χ1) is 10.2. The fraction of sp³-hybridized carbons (Fsp3) is 0.188. The molecule has 1 aromatic carbocycles. The largest absolute Gasteiger partial charge is 0.352 e. The highest BCUT2D eigenvalue weighted by atomic mass is 19.1. The average molecular weight is 282 g/mol. The molecule has 0 radical (unpaired) electrons. The van der Waals surface area contributed by atoms with Crippen molar-refractivity contribution in [1.82, 2.24) is 15.0 Å². The van der Waals surface area contributed by atoms with Crippen molar-refractivity contribution in [3.8, 4) is 0 Å². The molecule has 2 heterocycles. The second kappa shape index (κ2) is 5.44. The number of hydrogen-bond donors (Lipinski definition) is 0. The summed E-state index contributed by atoms with van der Waals surface area (Å²) in [6.07, 6.45) is 4.96. The van der Waals surface area contributed by atoms with Crippen LogP contribution in [-0.4, -0.2) is 22.0 Å². The van der Waals surface area contributed by atoms with Crippen LogP contribution >= 0.6 is 0 Å². The summed E-state index contributed by atoms with van der Waals surface area (Å²) >= 11 is 0. The van der Waals surface area contributed by atoms with E-state index in [1.807, 2.05) is 36.3 Å². The molecule has 1 atom stereocenters. The van der Waals surface area contributed by atoms with Crippen molar-refractivity contribution >= 4 is 16.7 Å². The van der Waals surface area contributed by atoms with Gasteiger partial charge in [0.05, 0.1) is 6.04 Å². The predicted octanol–water partition coefficient (Wildman–Crippen LogP) is 3.36. The van der Waals surface area contributed by atoms with Gasteiger partial charge in [-0.2, -0.15) is 0 Å². The molecule has 106 valence electrons. The van der Waals surface area contributed by atoms with Gasteiger partial charge in [-0.1, -0.05) is 12.1 Å². The molecule has 0 amide bonds. The molecule has 0 aliphatic rings. The Morgan fingerprint density at radius 3 is 2.76 bits per heavy atom. The van der Waals surface area contributed by atoms with Gasteiger partial charge in [0, 0.05) is 24.8 Å². The molecule has 2 aromatic heterocycles. The molecule has 0 saturated heterocycles. The quantitative estimate of drug-likeness (QED) is 0.738. The minimum atomic E-state index is -0.335. The zero-order valence-electron chi connectivity index (χ0n) is 11.9. The summed E-state index contributed by atoms with van der Waals surface area (Å²) < 4.78 is 13.8. The standard InChI is InChI=1S/C16H15FN4/c1-11(12-5-4-8-18-9-12)21(2)16-13-6-3-7-14(17)15(13)19-10-20-16/h3-11H,1-2H3. The first kappa shape index (κ1) is 13.4. The molecule has 0 aliphatic carbocycles. The number of benzene rings is 1. The van der Waals surface area contributed by atoms with Crippen LogP contribution in [0, 0.1) is 5.82 Å². The Kier molecular flexibility index (Phi) is 3.48. The lowest BCUT2D eigenvalue weighted by Crippen LogP contribution is -2.23. The molecular formula is C16H15FN4. The summed E-state index contributed by atoms with van der Waals surface area (Å²) in [6, 6.07) is 8.90. The van der Waals surface area contributed by atoms with Gasteiger partial charge in [0.2, 0.25) is 0 Å². The fourth-order valence-corrected chi connectivity index (χ4v) is 2.35. The van der Waals surface area contributed by atoms with Crippen LogP contribution in [0.25, 0.3) is 10.9 Å². The van der Waals surface area contributed by atoms with Crippen molar-refractivity contribution in [2.45, 2.75) is 13.0 Å². The van der Waals surface area contributed by atoms with E-state index in [1.165, 1.54) is 12.4 Å². The molecule has 4 nitrogen and oxygen atoms in total. The molecule has 5 heteroatoms. The summed E-state index contributed by atoms with van der Waals surface area (Å²) in [5.74, 6) is 0.370. The van der Waals surface area contributed by atoms with Crippen LogP contribution in [-0.2, 0) is 0 Å². The van der Waals surface area contributed by atoms with Crippen molar-refractivity contribution < 1.29 is 4.39 Å². The number of rotatable bonds is 3. The van der Waals surface area contributed by atoms with Gasteiger partial charge in [0.1, 0.15) is 23.5 Å². The van der Waals surface area contributed by atoms with Gasteiger partial charge in [-0.15, -0.1) is 0 Å². The summed E-state index contributed by atoms with van der Waals surface area (Å²) in [5.41, 5.74) is 1.41. The van der Waals surface area contributed by atoms with E-state index in [0.29, 0.717) is 16.7 Å². The van der Waals surface area contributed by atoms with Crippen LogP contribution in [0.2, 0.25) is 0 Å². The number of para-hydroxylation sites is 1. The van der Waals surface area contributed by atoms with E-state index in [9.17, 15) is 4.39 Å². The Hall–Kier alpha value is -2.56. The maximum absolute atomic E-state index is 13.8. The SMILES string of the molecule is CC(c1cccnc1)N(C)c1ncnc2c(F)cccc12. The molecule has 0 aliphatic heterocycles. The first-order valence-corrected chi connectivity index (χ1v) is 6.70. The van der Waals surface area contributed by atoms with Crippen molar-refractivity contribution in [3.63, 3.8) is 0 Å². The van der Waals surface area contributed by atoms with E-state index < -0.39 is 0 Å². The van der Waals surface area contributed by atoms with Crippen LogP contribution in [0.1, 0.15) is 18.5 Å². The van der Waals surface area contributed by atoms with Crippen molar-refractivity contribution in [2.24, 2.45) is 0 Å². The topological polar surface area (TPSA) is 41.9 Å². The van der Waals surface area contributed by atoms with E-state index in [4.69, 9.17) is 0 Å². The van der Waals surface area contributed by atoms with Crippen LogP contribution in [0.4, 0.5) is 10.2 Å². The third kappa shape index (κ3) is 2.42. The summed E-state index contributed by atoms with van der Waals surface area (Å²) in [6.45, 7) is 2.06. The lowest BCUT2D eigenvalue weighted by molar-refractivity contribution is 0.636. The fourth-order valence-electron chi connectivity index (χ4n) is 2.35. The Balaban J connectivity index is 2.06. The number of aromatic nitrogens is 3. The zero-order chi connectivity index (χ0) is 14.8. The van der Waals surface area contributed by atoms with Crippen molar-refractivity contribution in [2.75, 3.05) is 11.9 Å². The Morgan fingerprint density at radius 1 is 1.14 bits per heavy atom. The van der Waals surface area contributed by atoms with Gasteiger partial charge >= 0.3 is 0 Å². The van der Waals surface area contributed by atoms with Crippen LogP contribution in [0.5, 0.6) is 0 Å². The lowest BCUT2D eigenvalue weighted by Gasteiger charge is -2.26. The maximum atomic E-state index is 13.8. The molecule has 1 unspecified atom stereocenters. The van der Waals surface area contributed by atoms with E-state index in [-0.39, 0.29) is 11.9 Å². The molecule has 3 rings (SSSR count). The number of pyridine rings is 1. The molecule has 0 spiro atoms. The maximum Gasteiger partial charge on any atom is 0.149 e. The minimum absolute atomic E-state index is 0.0695. The van der Waals surface area contributed by atoms with E-state index in [0.717, 1.165) is 5.56 Å². The van der Waals surface area contributed by atoms with Gasteiger partial charge in [-0.05, 0) is 30.7 Å². The highest BCUT2D eigenvalue weighted by molar-refractivity contribution is 5.89. The third-order valence-corrected chi connectivity index (χ3v) is 3.68. The Labute approximate surface area is 122 Å². The van der Waals surface area contributed by atoms with Crippen molar-refractivity contribution in [1.29, 1.82) is 0 Å². The summed E-state index contributed by atoms with van der Waals surface area (Å²) in [5, 5.41) is 0.704. The number of halogens is 1. The van der Waals surface area contributed by atoms with Gasteiger partial charge < -0.3 is 4.90 Å². The third-order valence-electron chi connectivity index (χ3n) is 3.68. The van der Waals surface area contributed by atoms with Crippen LogP contribution in [0.3, 0.4) is 0 Å². The normalized spacial score (nSPS) is 12.3. The molecule has 0 saturated carbocycles. The Bertz CT molecular complexity index is 761. The average Bonchev–Trinajstić information content (AvgIpc) is 2.54. The number of fused-ring (bicyclic) bond motifs is 1. The van der Waals surface area contributed by atoms with Gasteiger partial charge in [-0.3, -0.25) is 4.98 Å². The van der Waals surface area contributed by atoms with E-state index in [2.05, 4.69) is 21.9 Å². The molecular weight excluding hydrogens is 267 g/mol. The highest BCUT2D eigenvalue weighted by Gasteiger charge is 2.17. The second-order valence-electron chi connectivity index (χ2n) is 4.91. The molecule has 0 fully saturated rings. The highest BCUT2D eigenvalue weighted by Crippen LogP contribution is 2.29. The van der Waals surface area contributed by atoms with Gasteiger partial charge in [0.25, 0.3) is 0 Å². The van der Waals surface area contributed by atoms with Crippen molar-refractivity contribution in [3.05, 3.63) is 60.4 Å². The molecule has 0 bridgehead atoms. The number of anilines is 1. The predicted molar refractivity (Wildman–Crippen MR) is 80.6 cm³/mol. The monoisotopic (exact) mass is 282 g/mol. The van der Waals surface area contributed by atoms with Crippen LogP contribution < -0.4 is 4.90 Å². The van der Waals surface area contributed by atoms with Crippen LogP contribution in [0.15, 0.2) is 49.1 Å². The minimum Gasteiger partial charge on any atom is -0.352 e. The van der Waals surface area contributed by atoms with Gasteiger partial charge in [0.15, 0.2) is 0 Å². The summed E-state index contributed by atoms with van der Waals surface area (Å²) in [7, 11) is 1.93. The first-order valence-electron chi connectivity index (χ1n) is 6.70. The summed E-state index contributed by atoms with van der Waals surface area (Å²) in [4.78, 5) is 14.5. The molecule has 21 heavy (non-hydrogen) atoms. The van der Waals surface area contributed by atoms with E-state index in [1.54, 1.807) is 12.3 Å². The molecule has 3 aromatic rings.